The van der Waals surface area contributed by atoms with E-state index in [1.165, 1.54) is 25.1 Å². The van der Waals surface area contributed by atoms with Crippen LogP contribution in [0, 0.1) is 0 Å². The molecule has 29 heavy (non-hydrogen) atoms. The van der Waals surface area contributed by atoms with Gasteiger partial charge in [0.2, 0.25) is 0 Å². The van der Waals surface area contributed by atoms with E-state index < -0.39 is 11.9 Å². The number of nitrogens with zero attached hydrogens (tertiary/aromatic N) is 2. The van der Waals surface area contributed by atoms with Crippen molar-refractivity contribution in [2.75, 3.05) is 26.1 Å². The molecule has 0 aliphatic heterocycles. The second-order valence-electron chi connectivity index (χ2n) is 5.87. The van der Waals surface area contributed by atoms with Gasteiger partial charge in [-0.25, -0.2) is 9.48 Å². The van der Waals surface area contributed by atoms with E-state index in [9.17, 15) is 9.59 Å². The molecule has 0 aliphatic rings. The molecule has 0 radical (unpaired) electrons. The highest BCUT2D eigenvalue weighted by Crippen LogP contribution is 2.30. The van der Waals surface area contributed by atoms with Crippen molar-refractivity contribution >= 4 is 17.7 Å². The number of methoxy groups -OCH3 is 2. The Kier molecular flexibility index (Phi) is 6.13. The van der Waals surface area contributed by atoms with Crippen LogP contribution < -0.4 is 14.8 Å². The van der Waals surface area contributed by atoms with E-state index in [2.05, 4.69) is 10.4 Å². The number of hydrogen-bond donors (Lipinski definition) is 1. The van der Waals surface area contributed by atoms with Crippen molar-refractivity contribution in [2.45, 2.75) is 6.92 Å². The lowest BCUT2D eigenvalue weighted by molar-refractivity contribution is 0.0527. The predicted octanol–water partition coefficient (Wildman–Crippen LogP) is 3.32. The number of aromatic nitrogens is 2. The van der Waals surface area contributed by atoms with Crippen LogP contribution in [0.3, 0.4) is 0 Å². The smallest absolute Gasteiger partial charge is 0.343 e. The first-order valence-electron chi connectivity index (χ1n) is 8.93. The number of carbonyl (C=O) groups is 2. The molecule has 0 aliphatic carbocycles. The molecule has 0 fully saturated rings. The Morgan fingerprint density at radius 2 is 1.66 bits per heavy atom. The van der Waals surface area contributed by atoms with Gasteiger partial charge < -0.3 is 19.5 Å². The molecule has 0 atom stereocenters. The lowest BCUT2D eigenvalue weighted by Crippen LogP contribution is -2.19. The van der Waals surface area contributed by atoms with Crippen LogP contribution in [0.15, 0.2) is 54.7 Å². The Morgan fingerprint density at radius 3 is 2.24 bits per heavy atom. The Labute approximate surface area is 168 Å². The molecule has 3 aromatic rings. The van der Waals surface area contributed by atoms with Gasteiger partial charge in [-0.1, -0.05) is 24.3 Å². The molecule has 8 nitrogen and oxygen atoms in total. The number of rotatable bonds is 7. The topological polar surface area (TPSA) is 91.7 Å². The second-order valence-corrected chi connectivity index (χ2v) is 5.87. The first-order chi connectivity index (χ1) is 14.1. The summed E-state index contributed by atoms with van der Waals surface area (Å²) in [5.74, 6) is -0.234. The Hall–Kier alpha value is -3.81. The fourth-order valence-corrected chi connectivity index (χ4v) is 2.84. The number of esters is 1. The summed E-state index contributed by atoms with van der Waals surface area (Å²) in [6.07, 6.45) is 1.36. The predicted molar refractivity (Wildman–Crippen MR) is 107 cm³/mol. The summed E-state index contributed by atoms with van der Waals surface area (Å²) in [6.45, 7) is 1.90. The summed E-state index contributed by atoms with van der Waals surface area (Å²) < 4.78 is 17.2. The molecule has 1 aromatic heterocycles. The third-order valence-electron chi connectivity index (χ3n) is 4.15. The summed E-state index contributed by atoms with van der Waals surface area (Å²) in [5.41, 5.74) is 1.01. The van der Waals surface area contributed by atoms with Gasteiger partial charge in [0.15, 0.2) is 5.82 Å². The van der Waals surface area contributed by atoms with Crippen LogP contribution in [-0.4, -0.2) is 42.5 Å². The molecule has 0 bridgehead atoms. The lowest BCUT2D eigenvalue weighted by Gasteiger charge is -2.15. The van der Waals surface area contributed by atoms with Crippen molar-refractivity contribution in [2.24, 2.45) is 0 Å². The third-order valence-corrected chi connectivity index (χ3v) is 4.15. The number of ether oxygens (including phenoxy) is 3. The Bertz CT molecular complexity index is 992. The van der Waals surface area contributed by atoms with Gasteiger partial charge in [-0.15, -0.1) is 0 Å². The standard InChI is InChI=1S/C21H21N3O5/c1-4-29-21(26)15-13-22-24(14-9-6-5-7-10-14)19(15)23-20(25)18-16(27-2)11-8-12-17(18)28-3/h5-13H,4H2,1-3H3,(H,23,25). The lowest BCUT2D eigenvalue weighted by atomic mass is 10.1. The minimum Gasteiger partial charge on any atom is -0.496 e. The molecule has 2 aromatic carbocycles. The van der Waals surface area contributed by atoms with E-state index >= 15 is 0 Å². The average Bonchev–Trinajstić information content (AvgIpc) is 3.17. The fraction of sp³-hybridized carbons (Fsp3) is 0.190. The van der Waals surface area contributed by atoms with Gasteiger partial charge in [0.25, 0.3) is 5.91 Å². The van der Waals surface area contributed by atoms with E-state index in [0.29, 0.717) is 17.2 Å². The molecule has 1 N–H and O–H groups in total. The van der Waals surface area contributed by atoms with Crippen molar-refractivity contribution in [1.29, 1.82) is 0 Å². The molecule has 8 heteroatoms. The van der Waals surface area contributed by atoms with Gasteiger partial charge in [-0.3, -0.25) is 4.79 Å². The van der Waals surface area contributed by atoms with Crippen LogP contribution in [-0.2, 0) is 4.74 Å². The van der Waals surface area contributed by atoms with E-state index in [1.54, 1.807) is 37.3 Å². The molecule has 3 rings (SSSR count). The van der Waals surface area contributed by atoms with Crippen LogP contribution >= 0.6 is 0 Å². The van der Waals surface area contributed by atoms with Gasteiger partial charge >= 0.3 is 5.97 Å². The SMILES string of the molecule is CCOC(=O)c1cnn(-c2ccccc2)c1NC(=O)c1c(OC)cccc1OC. The normalized spacial score (nSPS) is 10.3. The molecular weight excluding hydrogens is 374 g/mol. The zero-order chi connectivity index (χ0) is 20.8. The number of anilines is 1. The minimum atomic E-state index is -0.586. The van der Waals surface area contributed by atoms with Crippen molar-refractivity contribution in [3.8, 4) is 17.2 Å². The molecule has 1 amide bonds. The van der Waals surface area contributed by atoms with Gasteiger partial charge in [0, 0.05) is 0 Å². The number of benzene rings is 2. The monoisotopic (exact) mass is 395 g/mol. The number of nitrogens with one attached hydrogen (secondary N) is 1. The maximum absolute atomic E-state index is 13.1. The molecule has 0 saturated carbocycles. The largest absolute Gasteiger partial charge is 0.496 e. The van der Waals surface area contributed by atoms with Gasteiger partial charge in [-0.05, 0) is 31.2 Å². The number of carbonyl (C=O) groups excluding carboxylic acids is 2. The number of amides is 1. The summed E-state index contributed by atoms with van der Waals surface area (Å²) in [7, 11) is 2.92. The fourth-order valence-electron chi connectivity index (χ4n) is 2.84. The summed E-state index contributed by atoms with van der Waals surface area (Å²) in [4.78, 5) is 25.5. The van der Waals surface area contributed by atoms with Crippen LogP contribution in [0.25, 0.3) is 5.69 Å². The number of hydrogen-bond acceptors (Lipinski definition) is 6. The average molecular weight is 395 g/mol. The van der Waals surface area contributed by atoms with Crippen LogP contribution in [0.4, 0.5) is 5.82 Å². The van der Waals surface area contributed by atoms with Gasteiger partial charge in [0.05, 0.1) is 32.7 Å². The van der Waals surface area contributed by atoms with E-state index in [1.807, 2.05) is 18.2 Å². The summed E-state index contributed by atoms with van der Waals surface area (Å²) >= 11 is 0. The van der Waals surface area contributed by atoms with Crippen molar-refractivity contribution in [3.63, 3.8) is 0 Å². The van der Waals surface area contributed by atoms with E-state index in [-0.39, 0.29) is 23.6 Å². The zero-order valence-electron chi connectivity index (χ0n) is 16.3. The second kappa shape index (κ2) is 8.92. The van der Waals surface area contributed by atoms with Gasteiger partial charge in [-0.2, -0.15) is 5.10 Å². The van der Waals surface area contributed by atoms with Crippen molar-refractivity contribution < 1.29 is 23.8 Å². The highest BCUT2D eigenvalue weighted by Gasteiger charge is 2.25. The molecule has 1 heterocycles. The van der Waals surface area contributed by atoms with Crippen LogP contribution in [0.1, 0.15) is 27.6 Å². The Balaban J connectivity index is 2.07. The highest BCUT2D eigenvalue weighted by molar-refractivity contribution is 6.10. The molecule has 0 saturated heterocycles. The maximum atomic E-state index is 13.1. The third kappa shape index (κ3) is 4.06. The highest BCUT2D eigenvalue weighted by atomic mass is 16.5. The first kappa shape index (κ1) is 19.9. The van der Waals surface area contributed by atoms with Crippen molar-refractivity contribution in [3.05, 3.63) is 65.9 Å². The van der Waals surface area contributed by atoms with Crippen LogP contribution in [0.2, 0.25) is 0 Å². The van der Waals surface area contributed by atoms with Gasteiger partial charge in [0.1, 0.15) is 22.6 Å². The summed E-state index contributed by atoms with van der Waals surface area (Å²) in [6, 6.07) is 14.1. The summed E-state index contributed by atoms with van der Waals surface area (Å²) in [5, 5.41) is 7.02. The number of para-hydroxylation sites is 1. The first-order valence-corrected chi connectivity index (χ1v) is 8.93. The quantitative estimate of drug-likeness (QED) is 0.617. The zero-order valence-corrected chi connectivity index (χ0v) is 16.3. The Morgan fingerprint density at radius 1 is 1.00 bits per heavy atom. The molecule has 150 valence electrons. The van der Waals surface area contributed by atoms with E-state index in [0.717, 1.165) is 0 Å². The van der Waals surface area contributed by atoms with Crippen LogP contribution in [0.5, 0.6) is 11.5 Å². The molecular formula is C21H21N3O5. The van der Waals surface area contributed by atoms with Crippen molar-refractivity contribution in [1.82, 2.24) is 9.78 Å². The molecule has 0 unspecified atom stereocenters. The minimum absolute atomic E-state index is 0.137. The maximum Gasteiger partial charge on any atom is 0.343 e. The van der Waals surface area contributed by atoms with E-state index in [4.69, 9.17) is 14.2 Å². The molecule has 0 spiro atoms.